The fraction of sp³-hybridized carbons (Fsp3) is 0.273. The van der Waals surface area contributed by atoms with Crippen LogP contribution in [0.1, 0.15) is 5.56 Å². The number of amides is 2. The van der Waals surface area contributed by atoms with Gasteiger partial charge in [-0.15, -0.1) is 11.8 Å². The third-order valence-corrected chi connectivity index (χ3v) is 6.02. The van der Waals surface area contributed by atoms with Gasteiger partial charge in [-0.2, -0.15) is 0 Å². The van der Waals surface area contributed by atoms with Gasteiger partial charge in [0.25, 0.3) is 0 Å². The first-order chi connectivity index (χ1) is 14.2. The number of benzene rings is 2. The van der Waals surface area contributed by atoms with Crippen LogP contribution in [0, 0.1) is 0 Å². The van der Waals surface area contributed by atoms with Crippen LogP contribution in [0.25, 0.3) is 10.9 Å². The molecular formula is C22H24N4O2S. The van der Waals surface area contributed by atoms with Crippen LogP contribution < -0.4 is 10.6 Å². The quantitative estimate of drug-likeness (QED) is 0.395. The fourth-order valence-corrected chi connectivity index (χ4v) is 4.31. The minimum Gasteiger partial charge on any atom is -0.361 e. The van der Waals surface area contributed by atoms with E-state index in [0.717, 1.165) is 22.2 Å². The summed E-state index contributed by atoms with van der Waals surface area (Å²) in [5.41, 5.74) is 2.17. The molecule has 6 nitrogen and oxygen atoms in total. The Kier molecular flexibility index (Phi) is 6.17. The standard InChI is InChI=1S/C22H24N4O2S/c27-21(23-10-11-29-17-6-2-1-3-7-17)14-26-15-25-20(22(26)28)12-16-13-24-19-9-5-4-8-18(16)19/h1-9,13,20,24-25H,10-12,14-15H2,(H,23,27). The molecule has 1 fully saturated rings. The molecule has 0 aliphatic carbocycles. The van der Waals surface area contributed by atoms with E-state index in [1.54, 1.807) is 16.7 Å². The van der Waals surface area contributed by atoms with Crippen molar-refractivity contribution in [1.82, 2.24) is 20.5 Å². The number of fused-ring (bicyclic) bond motifs is 1. The van der Waals surface area contributed by atoms with Gasteiger partial charge in [0.2, 0.25) is 11.8 Å². The SMILES string of the molecule is O=C(CN1CNC(Cc2c[nH]c3ccccc23)C1=O)NCCSc1ccccc1. The molecule has 2 amide bonds. The Balaban J connectivity index is 1.23. The molecule has 1 aliphatic rings. The molecule has 1 atom stereocenters. The van der Waals surface area contributed by atoms with Crippen LogP contribution in [-0.2, 0) is 16.0 Å². The highest BCUT2D eigenvalue weighted by atomic mass is 32.2. The lowest BCUT2D eigenvalue weighted by atomic mass is 10.1. The molecule has 1 aromatic heterocycles. The lowest BCUT2D eigenvalue weighted by Crippen LogP contribution is -2.40. The molecule has 7 heteroatoms. The molecule has 0 bridgehead atoms. The molecule has 1 saturated heterocycles. The van der Waals surface area contributed by atoms with Gasteiger partial charge in [-0.25, -0.2) is 0 Å². The largest absolute Gasteiger partial charge is 0.361 e. The van der Waals surface area contributed by atoms with Gasteiger partial charge >= 0.3 is 0 Å². The van der Waals surface area contributed by atoms with Crippen LogP contribution in [0.15, 0.2) is 65.7 Å². The first kappa shape index (κ1) is 19.5. The molecular weight excluding hydrogens is 384 g/mol. The number of carbonyl (C=O) groups excluding carboxylic acids is 2. The summed E-state index contributed by atoms with van der Waals surface area (Å²) in [6.07, 6.45) is 2.56. The van der Waals surface area contributed by atoms with Crippen LogP contribution in [0.3, 0.4) is 0 Å². The minimum absolute atomic E-state index is 0.0240. The zero-order chi connectivity index (χ0) is 20.1. The number of thioether (sulfide) groups is 1. The topological polar surface area (TPSA) is 77.2 Å². The van der Waals surface area contributed by atoms with Crippen LogP contribution in [-0.4, -0.2) is 53.3 Å². The van der Waals surface area contributed by atoms with Crippen molar-refractivity contribution in [2.45, 2.75) is 17.4 Å². The Hall–Kier alpha value is -2.77. The maximum absolute atomic E-state index is 12.7. The summed E-state index contributed by atoms with van der Waals surface area (Å²) in [6, 6.07) is 17.9. The Morgan fingerprint density at radius 2 is 1.93 bits per heavy atom. The maximum atomic E-state index is 12.7. The molecule has 150 valence electrons. The van der Waals surface area contributed by atoms with Crippen LogP contribution >= 0.6 is 11.8 Å². The summed E-state index contributed by atoms with van der Waals surface area (Å²) in [4.78, 5) is 30.9. The first-order valence-electron chi connectivity index (χ1n) is 9.72. The Morgan fingerprint density at radius 1 is 1.14 bits per heavy atom. The molecule has 0 radical (unpaired) electrons. The molecule has 29 heavy (non-hydrogen) atoms. The molecule has 0 spiro atoms. The summed E-state index contributed by atoms with van der Waals surface area (Å²) in [5.74, 6) is 0.649. The Bertz CT molecular complexity index is 989. The van der Waals surface area contributed by atoms with E-state index in [4.69, 9.17) is 0 Å². The molecule has 3 N–H and O–H groups in total. The second kappa shape index (κ2) is 9.15. The Morgan fingerprint density at radius 3 is 2.79 bits per heavy atom. The van der Waals surface area contributed by atoms with Gasteiger partial charge in [-0.3, -0.25) is 14.9 Å². The third-order valence-electron chi connectivity index (χ3n) is 5.01. The summed E-state index contributed by atoms with van der Waals surface area (Å²) in [7, 11) is 0. The van der Waals surface area contributed by atoms with Crippen LogP contribution in [0.2, 0.25) is 0 Å². The van der Waals surface area contributed by atoms with E-state index in [1.807, 2.05) is 42.6 Å². The summed E-state index contributed by atoms with van der Waals surface area (Å²) in [5, 5.41) is 7.26. The fourth-order valence-electron chi connectivity index (χ4n) is 3.53. The lowest BCUT2D eigenvalue weighted by Gasteiger charge is -2.15. The molecule has 2 heterocycles. The predicted octanol–water partition coefficient (Wildman–Crippen LogP) is 2.38. The van der Waals surface area contributed by atoms with E-state index in [0.29, 0.717) is 19.6 Å². The normalized spacial score (nSPS) is 16.5. The van der Waals surface area contributed by atoms with E-state index in [-0.39, 0.29) is 24.4 Å². The number of hydrogen-bond acceptors (Lipinski definition) is 4. The van der Waals surface area contributed by atoms with E-state index in [2.05, 4.69) is 33.8 Å². The van der Waals surface area contributed by atoms with Gasteiger partial charge in [0.15, 0.2) is 0 Å². The lowest BCUT2D eigenvalue weighted by molar-refractivity contribution is -0.133. The van der Waals surface area contributed by atoms with Gasteiger partial charge in [0.1, 0.15) is 6.54 Å². The maximum Gasteiger partial charge on any atom is 0.241 e. The summed E-state index contributed by atoms with van der Waals surface area (Å²) >= 11 is 1.70. The second-order valence-electron chi connectivity index (χ2n) is 7.03. The highest BCUT2D eigenvalue weighted by Crippen LogP contribution is 2.20. The minimum atomic E-state index is -0.296. The third kappa shape index (κ3) is 4.81. The van der Waals surface area contributed by atoms with Crippen molar-refractivity contribution in [2.75, 3.05) is 25.5 Å². The van der Waals surface area contributed by atoms with Crippen molar-refractivity contribution < 1.29 is 9.59 Å². The smallest absolute Gasteiger partial charge is 0.241 e. The highest BCUT2D eigenvalue weighted by Gasteiger charge is 2.32. The average molecular weight is 409 g/mol. The monoisotopic (exact) mass is 408 g/mol. The highest BCUT2D eigenvalue weighted by molar-refractivity contribution is 7.99. The van der Waals surface area contributed by atoms with Gasteiger partial charge in [-0.05, 0) is 30.2 Å². The number of nitrogens with one attached hydrogen (secondary N) is 3. The first-order valence-corrected chi connectivity index (χ1v) is 10.7. The molecule has 4 rings (SSSR count). The zero-order valence-electron chi connectivity index (χ0n) is 16.1. The number of nitrogens with zero attached hydrogens (tertiary/aromatic N) is 1. The van der Waals surface area contributed by atoms with Crippen molar-refractivity contribution in [3.05, 3.63) is 66.4 Å². The number of carbonyl (C=O) groups is 2. The van der Waals surface area contributed by atoms with Gasteiger partial charge in [-0.1, -0.05) is 36.4 Å². The van der Waals surface area contributed by atoms with Crippen molar-refractivity contribution in [3.63, 3.8) is 0 Å². The van der Waals surface area contributed by atoms with Gasteiger partial charge in [0.05, 0.1) is 12.7 Å². The Labute approximate surface area is 174 Å². The van der Waals surface area contributed by atoms with Crippen molar-refractivity contribution in [3.8, 4) is 0 Å². The number of para-hydroxylation sites is 1. The molecule has 3 aromatic rings. The molecule has 1 unspecified atom stereocenters. The second-order valence-corrected chi connectivity index (χ2v) is 8.19. The van der Waals surface area contributed by atoms with E-state index in [9.17, 15) is 9.59 Å². The number of H-pyrrole nitrogens is 1. The summed E-state index contributed by atoms with van der Waals surface area (Å²) < 4.78 is 0. The number of aromatic nitrogens is 1. The number of hydrogen-bond donors (Lipinski definition) is 3. The van der Waals surface area contributed by atoms with Crippen molar-refractivity contribution in [1.29, 1.82) is 0 Å². The van der Waals surface area contributed by atoms with Crippen molar-refractivity contribution >= 4 is 34.5 Å². The number of aromatic amines is 1. The van der Waals surface area contributed by atoms with E-state index in [1.165, 1.54) is 4.90 Å². The molecule has 2 aromatic carbocycles. The van der Waals surface area contributed by atoms with Crippen LogP contribution in [0.5, 0.6) is 0 Å². The van der Waals surface area contributed by atoms with Gasteiger partial charge in [0, 0.05) is 34.3 Å². The molecule has 1 aliphatic heterocycles. The number of rotatable bonds is 8. The summed E-state index contributed by atoms with van der Waals surface area (Å²) in [6.45, 7) is 1.07. The molecule has 0 saturated carbocycles. The zero-order valence-corrected chi connectivity index (χ0v) is 16.9. The van der Waals surface area contributed by atoms with E-state index >= 15 is 0 Å². The predicted molar refractivity (Wildman–Crippen MR) is 116 cm³/mol. The average Bonchev–Trinajstić information content (AvgIpc) is 3.31. The van der Waals surface area contributed by atoms with Crippen LogP contribution in [0.4, 0.5) is 0 Å². The van der Waals surface area contributed by atoms with Gasteiger partial charge < -0.3 is 15.2 Å². The van der Waals surface area contributed by atoms with Crippen molar-refractivity contribution in [2.24, 2.45) is 0 Å². The van der Waals surface area contributed by atoms with E-state index < -0.39 is 0 Å².